The van der Waals surface area contributed by atoms with Crippen molar-refractivity contribution in [1.29, 1.82) is 0 Å². The molecule has 6 N–H and O–H groups in total. The molecule has 0 saturated heterocycles. The van der Waals surface area contributed by atoms with Crippen molar-refractivity contribution in [2.75, 3.05) is 60.3 Å². The number of fused-ring (bicyclic) bond motifs is 2. The van der Waals surface area contributed by atoms with E-state index in [9.17, 15) is 34.2 Å². The number of aromatic nitrogens is 1. The zero-order valence-electron chi connectivity index (χ0n) is 34.7. The van der Waals surface area contributed by atoms with Crippen LogP contribution in [0.3, 0.4) is 0 Å². The molecule has 1 aliphatic carbocycles. The molecule has 0 radical (unpaired) electrons. The number of amides is 2. The van der Waals surface area contributed by atoms with Gasteiger partial charge in [-0.2, -0.15) is 0 Å². The minimum atomic E-state index is -1.02. The zero-order valence-corrected chi connectivity index (χ0v) is 34.7. The summed E-state index contributed by atoms with van der Waals surface area (Å²) in [7, 11) is 2.89. The number of carboxylic acids is 1. The minimum absolute atomic E-state index is 0.0831. The summed E-state index contributed by atoms with van der Waals surface area (Å²) in [5.74, 6) is -3.38. The lowest BCUT2D eigenvalue weighted by molar-refractivity contribution is -0.138. The molecule has 2 aliphatic rings. The lowest BCUT2D eigenvalue weighted by Crippen LogP contribution is -2.38. The van der Waals surface area contributed by atoms with Crippen LogP contribution in [0.5, 0.6) is 0 Å². The summed E-state index contributed by atoms with van der Waals surface area (Å²) in [4.78, 5) is 69.9. The summed E-state index contributed by atoms with van der Waals surface area (Å²) >= 11 is 0. The summed E-state index contributed by atoms with van der Waals surface area (Å²) in [6.07, 6.45) is 5.00. The van der Waals surface area contributed by atoms with E-state index >= 15 is 0 Å². The number of nitrogens with one attached hydrogen (secondary N) is 2. The summed E-state index contributed by atoms with van der Waals surface area (Å²) in [5, 5.41) is 26.3. The zero-order chi connectivity index (χ0) is 43.5. The number of carboxylic acid groups (broad SMARTS) is 1. The van der Waals surface area contributed by atoms with Crippen molar-refractivity contribution in [3.8, 4) is 0 Å². The van der Waals surface area contributed by atoms with Gasteiger partial charge in [0.05, 0.1) is 62.3 Å². The molecular weight excluding hydrogens is 766 g/mol. The molecule has 17 heteroatoms. The number of primary amides is 1. The second-order valence-corrected chi connectivity index (χ2v) is 14.5. The van der Waals surface area contributed by atoms with Crippen molar-refractivity contribution in [2.45, 2.75) is 71.5 Å². The van der Waals surface area contributed by atoms with E-state index in [4.69, 9.17) is 29.4 Å². The number of aliphatic hydroxyl groups excluding tert-OH is 1. The monoisotopic (exact) mass is 825 g/mol. The molecule has 0 fully saturated rings. The van der Waals surface area contributed by atoms with Gasteiger partial charge in [0.15, 0.2) is 6.10 Å². The Kier molecular flexibility index (Phi) is 20.3. The molecule has 17 nitrogen and oxygen atoms in total. The van der Waals surface area contributed by atoms with E-state index in [2.05, 4.69) is 15.6 Å². The second kappa shape index (κ2) is 24.8. The number of pyridine rings is 1. The van der Waals surface area contributed by atoms with Gasteiger partial charge in [0, 0.05) is 63.2 Å². The van der Waals surface area contributed by atoms with Crippen LogP contribution in [0.25, 0.3) is 0 Å². The first-order chi connectivity index (χ1) is 28.1. The number of carbonyl (C=O) groups excluding carboxylic acids is 4. The van der Waals surface area contributed by atoms with E-state index in [1.54, 1.807) is 43.2 Å². The molecule has 6 atom stereocenters. The third-order valence-electron chi connectivity index (χ3n) is 9.74. The van der Waals surface area contributed by atoms with Crippen molar-refractivity contribution >= 4 is 29.5 Å². The lowest BCUT2D eigenvalue weighted by atomic mass is 9.85. The van der Waals surface area contributed by atoms with Gasteiger partial charge in [0.2, 0.25) is 11.6 Å². The molecule has 0 aromatic carbocycles. The average molecular weight is 826 g/mol. The molecule has 2 bridgehead atoms. The van der Waals surface area contributed by atoms with Crippen LogP contribution in [0, 0.1) is 11.8 Å². The number of allylic oxidation sites excluding steroid dienone is 4. The maximum absolute atomic E-state index is 14.0. The highest BCUT2D eigenvalue weighted by molar-refractivity contribution is 6.23. The Balaban J connectivity index is 1.73. The minimum Gasteiger partial charge on any atom is -0.480 e. The van der Waals surface area contributed by atoms with Crippen molar-refractivity contribution in [1.82, 2.24) is 20.5 Å². The maximum atomic E-state index is 14.0. The Bertz CT molecular complexity index is 1760. The lowest BCUT2D eigenvalue weighted by Gasteiger charge is -2.30. The SMILES string of the molecule is COC1/C=C\C=C(/C)C(=O)NC2=CC(=O)C(NCCOCCOCCN(CC(=O)O)Cc3ccccn3)=C(C[C@@H](C)C[C@H](OC)[C@H](O)[C@@H](C)/C=C(\C)[C@@H]1OC(N)=O)C2=O. The van der Waals surface area contributed by atoms with Crippen LogP contribution in [0.1, 0.15) is 46.2 Å². The highest BCUT2D eigenvalue weighted by Gasteiger charge is 2.33. The van der Waals surface area contributed by atoms with Crippen molar-refractivity contribution in [2.24, 2.45) is 17.6 Å². The van der Waals surface area contributed by atoms with E-state index in [1.165, 1.54) is 33.3 Å². The van der Waals surface area contributed by atoms with E-state index in [0.29, 0.717) is 25.1 Å². The summed E-state index contributed by atoms with van der Waals surface area (Å²) in [6.45, 7) is 8.60. The molecule has 2 amide bonds. The Morgan fingerprint density at radius 2 is 1.78 bits per heavy atom. The van der Waals surface area contributed by atoms with Crippen molar-refractivity contribution in [3.63, 3.8) is 0 Å². The van der Waals surface area contributed by atoms with Crippen LogP contribution in [0.2, 0.25) is 0 Å². The number of Topliss-reactive ketones (excluding diaryl/α,β-unsaturated/α-hetero) is 1. The van der Waals surface area contributed by atoms with Gasteiger partial charge in [-0.3, -0.25) is 29.1 Å². The van der Waals surface area contributed by atoms with Gasteiger partial charge in [-0.15, -0.1) is 0 Å². The largest absolute Gasteiger partial charge is 0.480 e. The van der Waals surface area contributed by atoms with Crippen LogP contribution in [-0.2, 0) is 49.4 Å². The molecule has 2 heterocycles. The topological polar surface area (TPSA) is 238 Å². The predicted molar refractivity (Wildman–Crippen MR) is 216 cm³/mol. The van der Waals surface area contributed by atoms with Gasteiger partial charge in [-0.1, -0.05) is 44.2 Å². The van der Waals surface area contributed by atoms with Gasteiger partial charge >= 0.3 is 12.1 Å². The van der Waals surface area contributed by atoms with Gasteiger partial charge in [0.1, 0.15) is 6.10 Å². The standard InChI is InChI=1S/C42H59N5O12/c1-26-20-31-37(45-14-16-57-18-19-58-17-15-47(25-36(49)50)24-30-11-7-8-13-44-30)33(48)23-32(39(31)52)46-41(53)27(2)10-9-12-34(55-5)40(59-42(43)54)29(4)22-28(3)38(51)35(21-26)56-6/h7-13,22-23,26,28,34-35,38,40,45,51H,14-21,24-25H2,1-6H3,(H2,43,54)(H,46,53)(H,49,50)/b12-9-,27-10+,29-22+/t26-,28+,34?,35+,38-,40+/m1/s1. The Hall–Kier alpha value is -5.04. The van der Waals surface area contributed by atoms with Gasteiger partial charge in [-0.25, -0.2) is 4.79 Å². The first-order valence-electron chi connectivity index (χ1n) is 19.5. The van der Waals surface area contributed by atoms with Crippen LogP contribution >= 0.6 is 0 Å². The maximum Gasteiger partial charge on any atom is 0.405 e. The third-order valence-corrected chi connectivity index (χ3v) is 9.74. The molecule has 324 valence electrons. The van der Waals surface area contributed by atoms with E-state index in [1.807, 2.05) is 19.1 Å². The Labute approximate surface area is 345 Å². The fourth-order valence-electron chi connectivity index (χ4n) is 6.67. The number of nitrogens with two attached hydrogens (primary N) is 1. The highest BCUT2D eigenvalue weighted by Crippen LogP contribution is 2.29. The number of aliphatic carboxylic acids is 1. The van der Waals surface area contributed by atoms with E-state index < -0.39 is 59.9 Å². The number of hydrogen-bond acceptors (Lipinski definition) is 14. The van der Waals surface area contributed by atoms with E-state index in [-0.39, 0.29) is 74.4 Å². The smallest absolute Gasteiger partial charge is 0.405 e. The predicted octanol–water partition coefficient (Wildman–Crippen LogP) is 2.37. The first-order valence-corrected chi connectivity index (χ1v) is 19.5. The fourth-order valence-corrected chi connectivity index (χ4v) is 6.67. The van der Waals surface area contributed by atoms with Crippen LogP contribution in [-0.4, -0.2) is 134 Å². The molecule has 0 spiro atoms. The normalized spacial score (nSPS) is 26.0. The van der Waals surface area contributed by atoms with E-state index in [0.717, 1.165) is 11.8 Å². The fraction of sp³-hybridized carbons (Fsp3) is 0.524. The van der Waals surface area contributed by atoms with Crippen LogP contribution in [0.4, 0.5) is 4.79 Å². The number of rotatable bonds is 17. The molecule has 0 saturated carbocycles. The van der Waals surface area contributed by atoms with Gasteiger partial charge < -0.3 is 50.3 Å². The number of nitrogens with zero attached hydrogens (tertiary/aromatic N) is 2. The molecule has 1 aliphatic heterocycles. The number of aliphatic hydroxyl groups is 1. The average Bonchev–Trinajstić information content (AvgIpc) is 3.19. The summed E-state index contributed by atoms with van der Waals surface area (Å²) in [6, 6.07) is 5.46. The third kappa shape index (κ3) is 15.9. The summed E-state index contributed by atoms with van der Waals surface area (Å²) < 4.78 is 28.1. The number of ketones is 2. The number of carbonyl (C=O) groups is 5. The van der Waals surface area contributed by atoms with Gasteiger partial charge in [-0.05, 0) is 50.3 Å². The quantitative estimate of drug-likeness (QED) is 0.0861. The number of hydrogen-bond donors (Lipinski definition) is 5. The highest BCUT2D eigenvalue weighted by atomic mass is 16.6. The Morgan fingerprint density at radius 3 is 2.42 bits per heavy atom. The number of ether oxygens (including phenoxy) is 5. The molecule has 1 aromatic heterocycles. The number of methoxy groups -OCH3 is 2. The summed E-state index contributed by atoms with van der Waals surface area (Å²) in [5.41, 5.74) is 6.98. The molecule has 59 heavy (non-hydrogen) atoms. The first kappa shape index (κ1) is 48.3. The van der Waals surface area contributed by atoms with Crippen molar-refractivity contribution < 1.29 is 57.9 Å². The van der Waals surface area contributed by atoms with Gasteiger partial charge in [0.25, 0.3) is 5.91 Å². The van der Waals surface area contributed by atoms with Crippen molar-refractivity contribution in [3.05, 3.63) is 88.6 Å². The molecule has 1 unspecified atom stereocenters. The van der Waals surface area contributed by atoms with Crippen LogP contribution < -0.4 is 16.4 Å². The molecule has 3 rings (SSSR count). The molecular formula is C42H59N5O12. The van der Waals surface area contributed by atoms with Crippen LogP contribution in [0.15, 0.2) is 82.9 Å². The second-order valence-electron chi connectivity index (χ2n) is 14.5. The Morgan fingerprint density at radius 1 is 1.05 bits per heavy atom. The molecule has 1 aromatic rings.